The van der Waals surface area contributed by atoms with Crippen molar-refractivity contribution in [2.75, 3.05) is 13.3 Å². The quantitative estimate of drug-likeness (QED) is 0.835. The molecule has 0 radical (unpaired) electrons. The van der Waals surface area contributed by atoms with Crippen molar-refractivity contribution >= 4 is 21.4 Å². The smallest absolute Gasteiger partial charge is 0.231 e. The fraction of sp³-hybridized carbons (Fsp3) is 0.294. The highest BCUT2D eigenvalue weighted by Gasteiger charge is 2.68. The summed E-state index contributed by atoms with van der Waals surface area (Å²) in [4.78, 5) is 0.188. The van der Waals surface area contributed by atoms with Gasteiger partial charge in [-0.25, -0.2) is 8.42 Å². The number of hydrogen-bond acceptors (Lipinski definition) is 6. The molecule has 1 fully saturated rings. The Morgan fingerprint density at radius 3 is 2.48 bits per heavy atom. The molecule has 8 heteroatoms. The van der Waals surface area contributed by atoms with E-state index in [0.717, 1.165) is 5.56 Å². The lowest BCUT2D eigenvalue weighted by Gasteiger charge is -2.09. The maximum absolute atomic E-state index is 13.1. The summed E-state index contributed by atoms with van der Waals surface area (Å²) in [5, 5.41) is -0.327. The molecule has 0 saturated heterocycles. The van der Waals surface area contributed by atoms with Crippen LogP contribution in [0.5, 0.6) is 11.5 Å². The molecular formula is C17H17ClN2O4S. The van der Waals surface area contributed by atoms with E-state index in [1.165, 1.54) is 12.1 Å². The van der Waals surface area contributed by atoms with Crippen LogP contribution in [0.4, 0.5) is 0 Å². The molecule has 1 aliphatic heterocycles. The molecule has 25 heavy (non-hydrogen) atoms. The Morgan fingerprint density at radius 1 is 1.12 bits per heavy atom. The van der Waals surface area contributed by atoms with Crippen LogP contribution in [0.15, 0.2) is 47.4 Å². The third-order valence-corrected chi connectivity index (χ3v) is 7.45. The minimum atomic E-state index is -3.65. The van der Waals surface area contributed by atoms with Crippen LogP contribution in [-0.4, -0.2) is 32.5 Å². The van der Waals surface area contributed by atoms with Crippen molar-refractivity contribution in [3.05, 3.63) is 53.1 Å². The van der Waals surface area contributed by atoms with Gasteiger partial charge in [0.2, 0.25) is 6.79 Å². The van der Waals surface area contributed by atoms with Gasteiger partial charge in [-0.15, -0.1) is 0 Å². The normalized spacial score (nSPS) is 27.3. The molecule has 2 aromatic carbocycles. The molecule has 4 N–H and O–H groups in total. The third-order valence-electron chi connectivity index (χ3n) is 4.89. The molecule has 2 aliphatic rings. The lowest BCUT2D eigenvalue weighted by molar-refractivity contribution is 0.174. The number of benzene rings is 2. The lowest BCUT2D eigenvalue weighted by Crippen LogP contribution is -2.39. The number of nitrogens with two attached hydrogens (primary N) is 2. The van der Waals surface area contributed by atoms with Gasteiger partial charge in [0.05, 0.1) is 15.7 Å². The Kier molecular flexibility index (Phi) is 3.73. The highest BCUT2D eigenvalue weighted by molar-refractivity contribution is 7.92. The molecule has 1 aliphatic carbocycles. The van der Waals surface area contributed by atoms with E-state index in [1.54, 1.807) is 24.3 Å². The van der Waals surface area contributed by atoms with Gasteiger partial charge in [-0.3, -0.25) is 0 Å². The van der Waals surface area contributed by atoms with Crippen LogP contribution in [0.2, 0.25) is 5.02 Å². The summed E-state index contributed by atoms with van der Waals surface area (Å²) < 4.78 is 36.8. The number of hydrogen-bond donors (Lipinski definition) is 2. The Labute approximate surface area is 150 Å². The second-order valence-corrected chi connectivity index (χ2v) is 8.83. The molecule has 6 nitrogen and oxygen atoms in total. The second-order valence-electron chi connectivity index (χ2n) is 6.33. The Hall–Kier alpha value is -1.80. The number of halogens is 1. The van der Waals surface area contributed by atoms with E-state index in [-0.39, 0.29) is 18.2 Å². The van der Waals surface area contributed by atoms with Gasteiger partial charge < -0.3 is 20.9 Å². The summed E-state index contributed by atoms with van der Waals surface area (Å²) in [7, 11) is -3.65. The number of sulfone groups is 1. The van der Waals surface area contributed by atoms with Crippen LogP contribution < -0.4 is 20.9 Å². The Morgan fingerprint density at radius 2 is 1.80 bits per heavy atom. The summed E-state index contributed by atoms with van der Waals surface area (Å²) >= 11 is 5.85. The van der Waals surface area contributed by atoms with Gasteiger partial charge >= 0.3 is 0 Å². The molecule has 3 atom stereocenters. The van der Waals surface area contributed by atoms with E-state index in [9.17, 15) is 8.42 Å². The zero-order valence-electron chi connectivity index (χ0n) is 13.2. The maximum atomic E-state index is 13.1. The largest absolute Gasteiger partial charge is 0.454 e. The van der Waals surface area contributed by atoms with Crippen LogP contribution in [-0.2, 0) is 9.84 Å². The average molecular weight is 381 g/mol. The van der Waals surface area contributed by atoms with Crippen molar-refractivity contribution in [2.24, 2.45) is 11.5 Å². The first-order chi connectivity index (χ1) is 11.9. The first-order valence-corrected chi connectivity index (χ1v) is 9.68. The summed E-state index contributed by atoms with van der Waals surface area (Å²) in [6.45, 7) is 0.213. The van der Waals surface area contributed by atoms with Gasteiger partial charge in [-0.2, -0.15) is 0 Å². The fourth-order valence-corrected chi connectivity index (χ4v) is 5.94. The topological polar surface area (TPSA) is 105 Å². The minimum absolute atomic E-state index is 0.0591. The van der Waals surface area contributed by atoms with Gasteiger partial charge in [0, 0.05) is 17.5 Å². The van der Waals surface area contributed by atoms with E-state index in [1.807, 2.05) is 6.07 Å². The number of fused-ring (bicyclic) bond motifs is 1. The molecule has 4 rings (SSSR count). The standard InChI is InChI=1S/C17H17ClN2O4S/c18-11-2-4-12(5-3-11)25(21,22)16-15(17(16,20)8-19)10-1-6-13-14(7-10)24-9-23-13/h1-7,15-16H,8-9,19-20H2. The highest BCUT2D eigenvalue weighted by atomic mass is 35.5. The molecule has 0 amide bonds. The van der Waals surface area contributed by atoms with Crippen LogP contribution in [0.25, 0.3) is 0 Å². The van der Waals surface area contributed by atoms with Crippen LogP contribution in [0, 0.1) is 0 Å². The molecule has 1 saturated carbocycles. The van der Waals surface area contributed by atoms with Crippen molar-refractivity contribution in [1.82, 2.24) is 0 Å². The molecule has 0 bridgehead atoms. The summed E-state index contributed by atoms with van der Waals surface area (Å²) in [6.07, 6.45) is 0. The van der Waals surface area contributed by atoms with Crippen molar-refractivity contribution in [1.29, 1.82) is 0 Å². The first-order valence-electron chi connectivity index (χ1n) is 7.76. The predicted molar refractivity (Wildman–Crippen MR) is 93.7 cm³/mol. The summed E-state index contributed by atoms with van der Waals surface area (Å²) in [6, 6.07) is 11.4. The SMILES string of the molecule is NCC1(N)C(c2ccc3c(c2)OCO3)C1S(=O)(=O)c1ccc(Cl)cc1. The molecule has 0 spiro atoms. The molecule has 2 aromatic rings. The van der Waals surface area contributed by atoms with E-state index >= 15 is 0 Å². The fourth-order valence-electron chi connectivity index (χ4n) is 3.50. The zero-order valence-corrected chi connectivity index (χ0v) is 14.8. The summed E-state index contributed by atoms with van der Waals surface area (Å²) in [5.74, 6) is 0.816. The molecule has 0 aromatic heterocycles. The third kappa shape index (κ3) is 2.50. The molecular weight excluding hydrogens is 364 g/mol. The predicted octanol–water partition coefficient (Wildman–Crippen LogP) is 1.66. The van der Waals surface area contributed by atoms with Crippen molar-refractivity contribution in [2.45, 2.75) is 21.6 Å². The minimum Gasteiger partial charge on any atom is -0.454 e. The van der Waals surface area contributed by atoms with Gasteiger partial charge in [0.1, 0.15) is 0 Å². The van der Waals surface area contributed by atoms with Crippen molar-refractivity contribution in [3.8, 4) is 11.5 Å². The molecule has 132 valence electrons. The average Bonchev–Trinajstić information content (AvgIpc) is 2.99. The van der Waals surface area contributed by atoms with Crippen LogP contribution >= 0.6 is 11.6 Å². The van der Waals surface area contributed by atoms with Gasteiger partial charge in [0.15, 0.2) is 21.3 Å². The second kappa shape index (κ2) is 5.60. The van der Waals surface area contributed by atoms with E-state index in [0.29, 0.717) is 16.5 Å². The number of ether oxygens (including phenoxy) is 2. The first kappa shape index (κ1) is 16.7. The van der Waals surface area contributed by atoms with Crippen LogP contribution in [0.3, 0.4) is 0 Å². The maximum Gasteiger partial charge on any atom is 0.231 e. The lowest BCUT2D eigenvalue weighted by atomic mass is 10.1. The summed E-state index contributed by atoms with van der Waals surface area (Å²) in [5.41, 5.74) is 11.9. The molecule has 1 heterocycles. The monoisotopic (exact) mass is 380 g/mol. The molecule has 3 unspecified atom stereocenters. The van der Waals surface area contributed by atoms with E-state index in [2.05, 4.69) is 0 Å². The van der Waals surface area contributed by atoms with Gasteiger partial charge in [0.25, 0.3) is 0 Å². The zero-order chi connectivity index (χ0) is 17.8. The van der Waals surface area contributed by atoms with E-state index < -0.39 is 26.5 Å². The van der Waals surface area contributed by atoms with Gasteiger partial charge in [-0.1, -0.05) is 17.7 Å². The van der Waals surface area contributed by atoms with Crippen molar-refractivity contribution < 1.29 is 17.9 Å². The van der Waals surface area contributed by atoms with Crippen LogP contribution in [0.1, 0.15) is 11.5 Å². The number of rotatable bonds is 4. The Bertz CT molecular complexity index is 932. The Balaban J connectivity index is 1.73. The van der Waals surface area contributed by atoms with Gasteiger partial charge in [-0.05, 0) is 42.0 Å². The highest BCUT2D eigenvalue weighted by Crippen LogP contribution is 2.56. The van der Waals surface area contributed by atoms with Crippen molar-refractivity contribution in [3.63, 3.8) is 0 Å². The van der Waals surface area contributed by atoms with E-state index in [4.69, 9.17) is 32.5 Å².